The van der Waals surface area contributed by atoms with Crippen molar-refractivity contribution < 1.29 is 0 Å². The van der Waals surface area contributed by atoms with Crippen LogP contribution in [0, 0.1) is 11.8 Å². The van der Waals surface area contributed by atoms with Gasteiger partial charge in [-0.05, 0) is 119 Å². The number of hydrogen-bond acceptors (Lipinski definition) is 0. The maximum absolute atomic E-state index is 3.87. The molecule has 6 rings (SSSR count). The largest absolute Gasteiger partial charge is 0.0654 e. The molecule has 4 aromatic carbocycles. The lowest BCUT2D eigenvalue weighted by molar-refractivity contribution is 0.401. The molecule has 2 aliphatic carbocycles. The maximum Gasteiger partial charge on any atom is 0.0252 e. The van der Waals surface area contributed by atoms with Crippen molar-refractivity contribution in [1.29, 1.82) is 0 Å². The van der Waals surface area contributed by atoms with Gasteiger partial charge in [0.2, 0.25) is 0 Å². The smallest absolute Gasteiger partial charge is 0.0252 e. The molecule has 4 aromatic rings. The SMILES string of the molecule is CCCCCCC1(CCCCCC)c2cc(Br)ccc2-c2ccc(C#Cc3ccc4c(c3)C(CCCCCC)(CCCCCC)c3cc(Br)ccc3-4)cc21. The summed E-state index contributed by atoms with van der Waals surface area (Å²) in [7, 11) is 0. The summed E-state index contributed by atoms with van der Waals surface area (Å²) in [6, 6.07) is 28.4. The monoisotopic (exact) mass is 846 g/mol. The van der Waals surface area contributed by atoms with Crippen molar-refractivity contribution in [3.63, 3.8) is 0 Å². The first-order chi connectivity index (χ1) is 26.4. The van der Waals surface area contributed by atoms with Crippen LogP contribution in [-0.2, 0) is 10.8 Å². The van der Waals surface area contributed by atoms with Crippen molar-refractivity contribution in [3.8, 4) is 34.1 Å². The lowest BCUT2D eigenvalue weighted by Crippen LogP contribution is -2.25. The molecular weight excluding hydrogens is 784 g/mol. The average molecular weight is 849 g/mol. The van der Waals surface area contributed by atoms with Gasteiger partial charge in [0.05, 0.1) is 0 Å². The van der Waals surface area contributed by atoms with Crippen molar-refractivity contribution in [2.24, 2.45) is 0 Å². The maximum atomic E-state index is 3.87. The van der Waals surface area contributed by atoms with Gasteiger partial charge in [0.25, 0.3) is 0 Å². The Morgan fingerprint density at radius 1 is 0.370 bits per heavy atom. The molecule has 0 unspecified atom stereocenters. The highest BCUT2D eigenvalue weighted by atomic mass is 79.9. The van der Waals surface area contributed by atoms with Gasteiger partial charge in [0, 0.05) is 30.9 Å². The Morgan fingerprint density at radius 2 is 0.667 bits per heavy atom. The Balaban J connectivity index is 1.39. The van der Waals surface area contributed by atoms with Crippen LogP contribution in [0.5, 0.6) is 0 Å². The van der Waals surface area contributed by atoms with Crippen molar-refractivity contribution in [2.75, 3.05) is 0 Å². The number of halogens is 2. The van der Waals surface area contributed by atoms with Gasteiger partial charge in [0.15, 0.2) is 0 Å². The summed E-state index contributed by atoms with van der Waals surface area (Å²) in [5, 5.41) is 0. The van der Waals surface area contributed by atoms with Gasteiger partial charge in [-0.15, -0.1) is 0 Å². The molecule has 2 aliphatic rings. The molecule has 0 fully saturated rings. The Morgan fingerprint density at radius 3 is 0.981 bits per heavy atom. The predicted octanol–water partition coefficient (Wildman–Crippen LogP) is 17.0. The van der Waals surface area contributed by atoms with Crippen LogP contribution in [0.4, 0.5) is 0 Å². The van der Waals surface area contributed by atoms with Crippen LogP contribution >= 0.6 is 31.9 Å². The van der Waals surface area contributed by atoms with Crippen LogP contribution in [0.1, 0.15) is 189 Å². The van der Waals surface area contributed by atoms with Crippen LogP contribution in [-0.4, -0.2) is 0 Å². The van der Waals surface area contributed by atoms with E-state index in [1.807, 2.05) is 0 Å². The third-order valence-electron chi connectivity index (χ3n) is 12.8. The normalized spacial score (nSPS) is 14.3. The number of unbranched alkanes of at least 4 members (excludes halogenated alkanes) is 12. The fraction of sp³-hybridized carbons (Fsp3) is 0.500. The summed E-state index contributed by atoms with van der Waals surface area (Å²) >= 11 is 7.74. The molecule has 0 spiro atoms. The molecule has 286 valence electrons. The van der Waals surface area contributed by atoms with Crippen LogP contribution in [0.25, 0.3) is 22.3 Å². The van der Waals surface area contributed by atoms with Crippen LogP contribution < -0.4 is 0 Å². The molecule has 0 N–H and O–H groups in total. The quantitative estimate of drug-likeness (QED) is 0.0614. The highest BCUT2D eigenvalue weighted by molar-refractivity contribution is 9.10. The molecule has 0 radical (unpaired) electrons. The van der Waals surface area contributed by atoms with E-state index in [2.05, 4.69) is 144 Å². The molecule has 2 heteroatoms. The summed E-state index contributed by atoms with van der Waals surface area (Å²) < 4.78 is 2.39. The van der Waals surface area contributed by atoms with E-state index < -0.39 is 0 Å². The molecule has 0 nitrogen and oxygen atoms in total. The van der Waals surface area contributed by atoms with Gasteiger partial charge in [-0.25, -0.2) is 0 Å². The molecule has 0 atom stereocenters. The second-order valence-corrected chi connectivity index (χ2v) is 18.4. The Kier molecular flexibility index (Phi) is 14.8. The summed E-state index contributed by atoms with van der Waals surface area (Å²) in [6.45, 7) is 9.29. The van der Waals surface area contributed by atoms with Crippen LogP contribution in [0.2, 0.25) is 0 Å². The van der Waals surface area contributed by atoms with E-state index in [1.165, 1.54) is 182 Å². The van der Waals surface area contributed by atoms with Gasteiger partial charge < -0.3 is 0 Å². The molecule has 0 bridgehead atoms. The summed E-state index contributed by atoms with van der Waals surface area (Å²) in [4.78, 5) is 0. The van der Waals surface area contributed by atoms with Crippen LogP contribution in [0.15, 0.2) is 81.7 Å². The minimum atomic E-state index is 0.0520. The molecule has 0 amide bonds. The summed E-state index contributed by atoms with van der Waals surface area (Å²) in [6.07, 6.45) is 25.5. The lowest BCUT2D eigenvalue weighted by Gasteiger charge is -2.33. The van der Waals surface area contributed by atoms with Gasteiger partial charge in [-0.2, -0.15) is 0 Å². The standard InChI is InChI=1S/C52H64Br2/c1-5-9-13-17-31-51(32-18-14-10-6-2)47-35-39(23-27-43(47)45-29-25-41(53)37-49(45)51)21-22-40-24-28-44-46-30-26-42(54)38-50(46)52(48(44)36-40,33-19-15-11-7-3)34-20-16-12-8-4/h23-30,35-38H,5-20,31-34H2,1-4H3. The van der Waals surface area contributed by atoms with E-state index in [0.717, 1.165) is 11.1 Å². The van der Waals surface area contributed by atoms with Crippen molar-refractivity contribution in [2.45, 2.75) is 167 Å². The third kappa shape index (κ3) is 8.84. The third-order valence-corrected chi connectivity index (χ3v) is 13.8. The lowest BCUT2D eigenvalue weighted by atomic mass is 9.70. The highest BCUT2D eigenvalue weighted by Gasteiger charge is 2.44. The first-order valence-corrected chi connectivity index (χ1v) is 23.4. The second-order valence-electron chi connectivity index (χ2n) is 16.6. The number of hydrogen-bond donors (Lipinski definition) is 0. The highest BCUT2D eigenvalue weighted by Crippen LogP contribution is 2.56. The Labute approximate surface area is 346 Å². The topological polar surface area (TPSA) is 0 Å². The fourth-order valence-electron chi connectivity index (χ4n) is 9.98. The van der Waals surface area contributed by atoms with E-state index in [1.54, 1.807) is 0 Å². The molecule has 0 aromatic heterocycles. The predicted molar refractivity (Wildman–Crippen MR) is 242 cm³/mol. The van der Waals surface area contributed by atoms with Gasteiger partial charge >= 0.3 is 0 Å². The molecule has 0 heterocycles. The Hall–Kier alpha value is -2.60. The zero-order valence-corrected chi connectivity index (χ0v) is 37.0. The summed E-state index contributed by atoms with van der Waals surface area (Å²) in [5.41, 5.74) is 14.2. The number of rotatable bonds is 20. The molecule has 54 heavy (non-hydrogen) atoms. The van der Waals surface area contributed by atoms with E-state index >= 15 is 0 Å². The minimum absolute atomic E-state index is 0.0520. The molecule has 0 saturated carbocycles. The Bertz CT molecular complexity index is 1760. The summed E-state index contributed by atoms with van der Waals surface area (Å²) in [5.74, 6) is 7.44. The number of fused-ring (bicyclic) bond motifs is 6. The molecular formula is C52H64Br2. The molecule has 0 saturated heterocycles. The van der Waals surface area contributed by atoms with E-state index in [9.17, 15) is 0 Å². The van der Waals surface area contributed by atoms with Crippen LogP contribution in [0.3, 0.4) is 0 Å². The van der Waals surface area contributed by atoms with Crippen molar-refractivity contribution in [3.05, 3.63) is 115 Å². The molecule has 0 aliphatic heterocycles. The van der Waals surface area contributed by atoms with E-state index in [0.29, 0.717) is 0 Å². The first-order valence-electron chi connectivity index (χ1n) is 21.8. The second kappa shape index (κ2) is 19.5. The first kappa shape index (κ1) is 41.0. The van der Waals surface area contributed by atoms with Gasteiger partial charge in [-0.3, -0.25) is 0 Å². The zero-order valence-electron chi connectivity index (χ0n) is 33.8. The average Bonchev–Trinajstić information content (AvgIpc) is 3.59. The zero-order chi connectivity index (χ0) is 38.0. The van der Waals surface area contributed by atoms with Crippen molar-refractivity contribution >= 4 is 31.9 Å². The van der Waals surface area contributed by atoms with E-state index in [-0.39, 0.29) is 10.8 Å². The fourth-order valence-corrected chi connectivity index (χ4v) is 10.7. The van der Waals surface area contributed by atoms with Gasteiger partial charge in [-0.1, -0.05) is 198 Å². The van der Waals surface area contributed by atoms with E-state index in [4.69, 9.17) is 0 Å². The minimum Gasteiger partial charge on any atom is -0.0654 e. The van der Waals surface area contributed by atoms with Crippen molar-refractivity contribution in [1.82, 2.24) is 0 Å². The van der Waals surface area contributed by atoms with Gasteiger partial charge in [0.1, 0.15) is 0 Å². The number of benzene rings is 4.